The highest BCUT2D eigenvalue weighted by Crippen LogP contribution is 2.28. The number of rotatable bonds is 2. The van der Waals surface area contributed by atoms with Gasteiger partial charge in [-0.25, -0.2) is 4.98 Å². The zero-order valence-corrected chi connectivity index (χ0v) is 9.93. The van der Waals surface area contributed by atoms with Crippen LogP contribution in [0.2, 0.25) is 0 Å². The molecule has 0 fully saturated rings. The topological polar surface area (TPSA) is 63.7 Å². The molecule has 0 spiro atoms. The van der Waals surface area contributed by atoms with Crippen molar-refractivity contribution in [3.63, 3.8) is 0 Å². The molecule has 0 bridgehead atoms. The van der Waals surface area contributed by atoms with Gasteiger partial charge in [0.1, 0.15) is 17.3 Å². The van der Waals surface area contributed by atoms with Crippen molar-refractivity contribution in [1.82, 2.24) is 14.8 Å². The molecular weight excluding hydrogens is 216 g/mol. The van der Waals surface area contributed by atoms with Crippen molar-refractivity contribution in [2.45, 2.75) is 13.8 Å². The maximum absolute atomic E-state index is 8.95. The molecule has 0 aliphatic carbocycles. The first-order valence-electron chi connectivity index (χ1n) is 5.16. The Bertz CT molecular complexity index is 595. The van der Waals surface area contributed by atoms with Gasteiger partial charge in [0.2, 0.25) is 5.88 Å². The number of ether oxygens (including phenoxy) is 1. The zero-order chi connectivity index (χ0) is 12.4. The normalized spacial score (nSPS) is 10.0. The summed E-state index contributed by atoms with van der Waals surface area (Å²) in [5.41, 5.74) is 2.09. The van der Waals surface area contributed by atoms with E-state index >= 15 is 0 Å². The Morgan fingerprint density at radius 3 is 2.76 bits per heavy atom. The summed E-state index contributed by atoms with van der Waals surface area (Å²) in [7, 11) is 1.85. The van der Waals surface area contributed by atoms with Gasteiger partial charge in [-0.3, -0.25) is 4.68 Å². The van der Waals surface area contributed by atoms with Gasteiger partial charge in [0.15, 0.2) is 5.75 Å². The standard InChI is InChI=1S/C12H12N4O/c1-8-11(9(2)16(3)15-8)17-12-10(7-13)5-4-6-14-12/h4-6H,1-3H3. The minimum Gasteiger partial charge on any atom is -0.434 e. The van der Waals surface area contributed by atoms with Gasteiger partial charge in [0.25, 0.3) is 0 Å². The number of nitriles is 1. The second-order valence-corrected chi connectivity index (χ2v) is 3.69. The minimum absolute atomic E-state index is 0.314. The van der Waals surface area contributed by atoms with E-state index in [0.29, 0.717) is 17.2 Å². The highest BCUT2D eigenvalue weighted by Gasteiger charge is 2.14. The van der Waals surface area contributed by atoms with Gasteiger partial charge in [-0.15, -0.1) is 0 Å². The van der Waals surface area contributed by atoms with Gasteiger partial charge in [-0.2, -0.15) is 10.4 Å². The fourth-order valence-electron chi connectivity index (χ4n) is 1.56. The zero-order valence-electron chi connectivity index (χ0n) is 9.93. The third-order valence-electron chi connectivity index (χ3n) is 2.53. The summed E-state index contributed by atoms with van der Waals surface area (Å²) < 4.78 is 7.40. The van der Waals surface area contributed by atoms with E-state index in [-0.39, 0.29) is 0 Å². The van der Waals surface area contributed by atoms with E-state index in [1.165, 1.54) is 0 Å². The monoisotopic (exact) mass is 228 g/mol. The van der Waals surface area contributed by atoms with Crippen molar-refractivity contribution in [2.24, 2.45) is 7.05 Å². The molecule has 0 saturated heterocycles. The molecule has 0 saturated carbocycles. The van der Waals surface area contributed by atoms with Crippen LogP contribution in [0.3, 0.4) is 0 Å². The van der Waals surface area contributed by atoms with Crippen LogP contribution in [0.5, 0.6) is 11.6 Å². The highest BCUT2D eigenvalue weighted by atomic mass is 16.5. The van der Waals surface area contributed by atoms with Crippen LogP contribution >= 0.6 is 0 Å². The maximum Gasteiger partial charge on any atom is 0.237 e. The molecule has 0 atom stereocenters. The third-order valence-corrected chi connectivity index (χ3v) is 2.53. The number of aromatic nitrogens is 3. The summed E-state index contributed by atoms with van der Waals surface area (Å²) in [5.74, 6) is 0.969. The predicted octanol–water partition coefficient (Wildman–Crippen LogP) is 2.10. The molecule has 2 aromatic heterocycles. The smallest absolute Gasteiger partial charge is 0.237 e. The number of aryl methyl sites for hydroxylation is 2. The summed E-state index contributed by atoms with van der Waals surface area (Å²) >= 11 is 0. The molecule has 0 N–H and O–H groups in total. The fourth-order valence-corrected chi connectivity index (χ4v) is 1.56. The van der Waals surface area contributed by atoms with Crippen LogP contribution in [0.4, 0.5) is 0 Å². The van der Waals surface area contributed by atoms with Crippen molar-refractivity contribution in [3.05, 3.63) is 35.3 Å². The van der Waals surface area contributed by atoms with Gasteiger partial charge in [-0.1, -0.05) is 0 Å². The fraction of sp³-hybridized carbons (Fsp3) is 0.250. The van der Waals surface area contributed by atoms with Gasteiger partial charge in [0, 0.05) is 13.2 Å². The first-order valence-corrected chi connectivity index (χ1v) is 5.16. The lowest BCUT2D eigenvalue weighted by Crippen LogP contribution is -1.95. The SMILES string of the molecule is Cc1nn(C)c(C)c1Oc1ncccc1C#N. The van der Waals surface area contributed by atoms with Crippen molar-refractivity contribution in [3.8, 4) is 17.7 Å². The van der Waals surface area contributed by atoms with Crippen LogP contribution < -0.4 is 4.74 Å². The first kappa shape index (κ1) is 11.1. The van der Waals surface area contributed by atoms with E-state index in [2.05, 4.69) is 10.1 Å². The van der Waals surface area contributed by atoms with E-state index in [1.807, 2.05) is 27.0 Å². The van der Waals surface area contributed by atoms with Crippen LogP contribution in [0.1, 0.15) is 17.0 Å². The molecule has 0 aliphatic rings. The minimum atomic E-state index is 0.314. The molecular formula is C12H12N4O. The van der Waals surface area contributed by atoms with Gasteiger partial charge >= 0.3 is 0 Å². The average molecular weight is 228 g/mol. The molecule has 0 amide bonds. The van der Waals surface area contributed by atoms with Crippen LogP contribution in [-0.4, -0.2) is 14.8 Å². The molecule has 0 unspecified atom stereocenters. The molecule has 0 aromatic carbocycles. The largest absolute Gasteiger partial charge is 0.434 e. The van der Waals surface area contributed by atoms with E-state index in [1.54, 1.807) is 23.0 Å². The summed E-state index contributed by atoms with van der Waals surface area (Å²) in [6.45, 7) is 3.77. The Morgan fingerprint density at radius 1 is 1.41 bits per heavy atom. The van der Waals surface area contributed by atoms with Crippen LogP contribution in [-0.2, 0) is 7.05 Å². The van der Waals surface area contributed by atoms with Gasteiger partial charge in [0.05, 0.1) is 5.69 Å². The van der Waals surface area contributed by atoms with Gasteiger partial charge < -0.3 is 4.74 Å². The van der Waals surface area contributed by atoms with Crippen LogP contribution in [0.15, 0.2) is 18.3 Å². The predicted molar refractivity (Wildman–Crippen MR) is 61.7 cm³/mol. The quantitative estimate of drug-likeness (QED) is 0.789. The maximum atomic E-state index is 8.95. The molecule has 5 nitrogen and oxygen atoms in total. The molecule has 0 radical (unpaired) electrons. The van der Waals surface area contributed by atoms with Crippen LogP contribution in [0, 0.1) is 25.2 Å². The Balaban J connectivity index is 2.42. The van der Waals surface area contributed by atoms with E-state index < -0.39 is 0 Å². The molecule has 17 heavy (non-hydrogen) atoms. The van der Waals surface area contributed by atoms with Crippen molar-refractivity contribution in [1.29, 1.82) is 5.26 Å². The summed E-state index contributed by atoms with van der Waals surface area (Å²) in [6.07, 6.45) is 1.59. The van der Waals surface area contributed by atoms with Crippen molar-refractivity contribution < 1.29 is 4.74 Å². The number of hydrogen-bond acceptors (Lipinski definition) is 4. The lowest BCUT2D eigenvalue weighted by Gasteiger charge is -2.05. The first-order chi connectivity index (χ1) is 8.13. The average Bonchev–Trinajstić information content (AvgIpc) is 2.57. The third kappa shape index (κ3) is 1.97. The Kier molecular flexibility index (Phi) is 2.79. The lowest BCUT2D eigenvalue weighted by atomic mass is 10.3. The van der Waals surface area contributed by atoms with E-state index in [0.717, 1.165) is 11.4 Å². The van der Waals surface area contributed by atoms with E-state index in [9.17, 15) is 0 Å². The van der Waals surface area contributed by atoms with Gasteiger partial charge in [-0.05, 0) is 26.0 Å². The molecule has 86 valence electrons. The summed E-state index contributed by atoms with van der Waals surface area (Å²) in [5, 5.41) is 13.2. The van der Waals surface area contributed by atoms with Crippen LogP contribution in [0.25, 0.3) is 0 Å². The molecule has 0 aliphatic heterocycles. The molecule has 5 heteroatoms. The van der Waals surface area contributed by atoms with Crippen molar-refractivity contribution in [2.75, 3.05) is 0 Å². The second kappa shape index (κ2) is 4.26. The lowest BCUT2D eigenvalue weighted by molar-refractivity contribution is 0.453. The Morgan fingerprint density at radius 2 is 2.18 bits per heavy atom. The molecule has 2 heterocycles. The summed E-state index contributed by atoms with van der Waals surface area (Å²) in [6, 6.07) is 5.42. The molecule has 2 rings (SSSR count). The summed E-state index contributed by atoms with van der Waals surface area (Å²) in [4.78, 5) is 4.05. The van der Waals surface area contributed by atoms with E-state index in [4.69, 9.17) is 10.00 Å². The molecule has 2 aromatic rings. The highest BCUT2D eigenvalue weighted by molar-refractivity contribution is 5.42. The number of pyridine rings is 1. The number of hydrogen-bond donors (Lipinski definition) is 0. The van der Waals surface area contributed by atoms with Crippen molar-refractivity contribution >= 4 is 0 Å². The second-order valence-electron chi connectivity index (χ2n) is 3.69. The Hall–Kier alpha value is -2.35. The number of nitrogens with zero attached hydrogens (tertiary/aromatic N) is 4. The Labute approximate surface area is 99.3 Å².